The fourth-order valence-corrected chi connectivity index (χ4v) is 3.70. The zero-order chi connectivity index (χ0) is 18.8. The van der Waals surface area contributed by atoms with Crippen LogP contribution in [0.5, 0.6) is 5.75 Å². The van der Waals surface area contributed by atoms with Crippen LogP contribution in [-0.4, -0.2) is 18.2 Å². The summed E-state index contributed by atoms with van der Waals surface area (Å²) < 4.78 is 5.67. The molecule has 1 aromatic rings. The van der Waals surface area contributed by atoms with E-state index in [1.807, 2.05) is 31.2 Å². The molecule has 0 atom stereocenters. The van der Waals surface area contributed by atoms with E-state index in [4.69, 9.17) is 4.74 Å². The van der Waals surface area contributed by atoms with Gasteiger partial charge in [0.25, 0.3) is 0 Å². The third kappa shape index (κ3) is 6.93. The van der Waals surface area contributed by atoms with Gasteiger partial charge in [0.15, 0.2) is 0 Å². The van der Waals surface area contributed by atoms with Gasteiger partial charge in [0, 0.05) is 25.2 Å². The van der Waals surface area contributed by atoms with E-state index in [1.165, 1.54) is 0 Å². The van der Waals surface area contributed by atoms with Crippen LogP contribution in [0.4, 0.5) is 0 Å². The molecule has 1 fully saturated rings. The van der Waals surface area contributed by atoms with Gasteiger partial charge in [0.05, 0.1) is 6.61 Å². The first-order valence-corrected chi connectivity index (χ1v) is 10.4. The molecule has 0 N–H and O–H groups in total. The Morgan fingerprint density at radius 2 is 1.73 bits per heavy atom. The minimum absolute atomic E-state index is 0.202. The van der Waals surface area contributed by atoms with Crippen molar-refractivity contribution in [2.45, 2.75) is 78.1 Å². The Balaban J connectivity index is 1.72. The van der Waals surface area contributed by atoms with Gasteiger partial charge in [0.2, 0.25) is 0 Å². The van der Waals surface area contributed by atoms with Crippen LogP contribution in [0.3, 0.4) is 0 Å². The number of unbranched alkanes of at least 4 members (excludes halogenated alkanes) is 1. The highest BCUT2D eigenvalue weighted by Gasteiger charge is 2.26. The molecular weight excluding hydrogens is 324 g/mol. The Labute approximate surface area is 158 Å². The van der Waals surface area contributed by atoms with Gasteiger partial charge < -0.3 is 4.74 Å². The summed E-state index contributed by atoms with van der Waals surface area (Å²) >= 11 is 0. The molecule has 0 heterocycles. The van der Waals surface area contributed by atoms with E-state index >= 15 is 0 Å². The summed E-state index contributed by atoms with van der Waals surface area (Å²) in [4.78, 5) is 24.1. The first-order valence-electron chi connectivity index (χ1n) is 10.4. The maximum atomic E-state index is 12.6. The summed E-state index contributed by atoms with van der Waals surface area (Å²) in [6, 6.07) is 7.97. The fraction of sp³-hybridized carbons (Fsp3) is 0.652. The summed E-state index contributed by atoms with van der Waals surface area (Å²) in [6.07, 6.45) is 9.26. The van der Waals surface area contributed by atoms with Crippen LogP contribution in [0.25, 0.3) is 0 Å². The monoisotopic (exact) mass is 358 g/mol. The van der Waals surface area contributed by atoms with E-state index in [2.05, 4.69) is 6.92 Å². The highest BCUT2D eigenvalue weighted by molar-refractivity contribution is 5.83. The van der Waals surface area contributed by atoms with Crippen molar-refractivity contribution >= 4 is 11.6 Å². The van der Waals surface area contributed by atoms with Gasteiger partial charge in [0.1, 0.15) is 17.3 Å². The SMILES string of the molecule is CCCCOc1ccc(CC(=O)[C@H]2CC[C@H](CCC(=O)CC)CC2)cc1. The quantitative estimate of drug-likeness (QED) is 0.488. The largest absolute Gasteiger partial charge is 0.494 e. The molecule has 0 radical (unpaired) electrons. The molecule has 0 bridgehead atoms. The van der Waals surface area contributed by atoms with Crippen LogP contribution in [0, 0.1) is 11.8 Å². The summed E-state index contributed by atoms with van der Waals surface area (Å²) in [5, 5.41) is 0. The van der Waals surface area contributed by atoms with Gasteiger partial charge in [-0.15, -0.1) is 0 Å². The lowest BCUT2D eigenvalue weighted by Gasteiger charge is -2.27. The highest BCUT2D eigenvalue weighted by Crippen LogP contribution is 2.32. The number of Topliss-reactive ketones (excluding diaryl/α,β-unsaturated/α-hetero) is 2. The van der Waals surface area contributed by atoms with Gasteiger partial charge in [-0.05, 0) is 62.1 Å². The molecule has 26 heavy (non-hydrogen) atoms. The number of hydrogen-bond acceptors (Lipinski definition) is 3. The molecule has 1 aliphatic carbocycles. The molecule has 1 aromatic carbocycles. The van der Waals surface area contributed by atoms with Gasteiger partial charge in [-0.2, -0.15) is 0 Å². The molecule has 3 nitrogen and oxygen atoms in total. The summed E-state index contributed by atoms with van der Waals surface area (Å²) in [5.74, 6) is 2.46. The number of ketones is 2. The van der Waals surface area contributed by atoms with E-state index in [1.54, 1.807) is 0 Å². The fourth-order valence-electron chi connectivity index (χ4n) is 3.70. The van der Waals surface area contributed by atoms with Crippen LogP contribution in [-0.2, 0) is 16.0 Å². The summed E-state index contributed by atoms with van der Waals surface area (Å²) in [5.41, 5.74) is 1.08. The van der Waals surface area contributed by atoms with E-state index < -0.39 is 0 Å². The first kappa shape index (κ1) is 20.7. The molecule has 0 aromatic heterocycles. The maximum Gasteiger partial charge on any atom is 0.140 e. The summed E-state index contributed by atoms with van der Waals surface area (Å²) in [6.45, 7) is 4.83. The average Bonchev–Trinajstić information content (AvgIpc) is 2.68. The zero-order valence-electron chi connectivity index (χ0n) is 16.5. The molecule has 1 aliphatic rings. The van der Waals surface area contributed by atoms with Crippen LogP contribution >= 0.6 is 0 Å². The molecule has 0 unspecified atom stereocenters. The lowest BCUT2D eigenvalue weighted by molar-refractivity contribution is -0.123. The smallest absolute Gasteiger partial charge is 0.140 e. The molecule has 0 aliphatic heterocycles. The number of benzene rings is 1. The standard InChI is InChI=1S/C23H34O3/c1-3-5-16-26-22-14-9-19(10-15-22)17-23(25)20-11-6-18(7-12-20)8-13-21(24)4-2/h9-10,14-15,18,20H,3-8,11-13,16-17H2,1-2H3/t18-,20-. The second-order valence-corrected chi connectivity index (χ2v) is 7.64. The van der Waals surface area contributed by atoms with E-state index in [9.17, 15) is 9.59 Å². The number of rotatable bonds is 11. The second-order valence-electron chi connectivity index (χ2n) is 7.64. The predicted octanol–water partition coefficient (Wildman–Crippen LogP) is 5.54. The number of carbonyl (C=O) groups is 2. The average molecular weight is 359 g/mol. The Bertz CT molecular complexity index is 553. The Hall–Kier alpha value is -1.64. The number of carbonyl (C=O) groups excluding carboxylic acids is 2. The zero-order valence-corrected chi connectivity index (χ0v) is 16.5. The molecule has 2 rings (SSSR count). The van der Waals surface area contributed by atoms with Crippen LogP contribution in [0.1, 0.15) is 77.2 Å². The molecule has 0 saturated heterocycles. The van der Waals surface area contributed by atoms with Crippen LogP contribution < -0.4 is 4.74 Å². The van der Waals surface area contributed by atoms with Crippen molar-refractivity contribution in [2.75, 3.05) is 6.61 Å². The Morgan fingerprint density at radius 3 is 2.35 bits per heavy atom. The van der Waals surface area contributed by atoms with Crippen molar-refractivity contribution in [1.82, 2.24) is 0 Å². The van der Waals surface area contributed by atoms with E-state index in [0.717, 1.165) is 62.9 Å². The Morgan fingerprint density at radius 1 is 1.04 bits per heavy atom. The van der Waals surface area contributed by atoms with Crippen molar-refractivity contribution in [3.8, 4) is 5.75 Å². The lowest BCUT2D eigenvalue weighted by Crippen LogP contribution is -2.23. The minimum atomic E-state index is 0.202. The molecule has 3 heteroatoms. The van der Waals surface area contributed by atoms with Gasteiger partial charge in [-0.1, -0.05) is 32.4 Å². The lowest BCUT2D eigenvalue weighted by atomic mass is 9.77. The maximum absolute atomic E-state index is 12.6. The number of hydrogen-bond donors (Lipinski definition) is 0. The van der Waals surface area contributed by atoms with Gasteiger partial charge in [-0.25, -0.2) is 0 Å². The van der Waals surface area contributed by atoms with Gasteiger partial charge in [-0.3, -0.25) is 9.59 Å². The van der Waals surface area contributed by atoms with E-state index in [-0.39, 0.29) is 5.92 Å². The molecule has 0 amide bonds. The van der Waals surface area contributed by atoms with Crippen LogP contribution in [0.2, 0.25) is 0 Å². The third-order valence-corrected chi connectivity index (χ3v) is 5.60. The minimum Gasteiger partial charge on any atom is -0.494 e. The predicted molar refractivity (Wildman–Crippen MR) is 106 cm³/mol. The van der Waals surface area contributed by atoms with Crippen LogP contribution in [0.15, 0.2) is 24.3 Å². The first-order chi connectivity index (χ1) is 12.6. The molecule has 144 valence electrons. The number of ether oxygens (including phenoxy) is 1. The van der Waals surface area contributed by atoms with Crippen molar-refractivity contribution in [2.24, 2.45) is 11.8 Å². The molecular formula is C23H34O3. The highest BCUT2D eigenvalue weighted by atomic mass is 16.5. The van der Waals surface area contributed by atoms with E-state index in [0.29, 0.717) is 36.7 Å². The molecule has 1 saturated carbocycles. The van der Waals surface area contributed by atoms with Gasteiger partial charge >= 0.3 is 0 Å². The van der Waals surface area contributed by atoms with Crippen molar-refractivity contribution in [3.05, 3.63) is 29.8 Å². The van der Waals surface area contributed by atoms with Crippen molar-refractivity contribution in [1.29, 1.82) is 0 Å². The third-order valence-electron chi connectivity index (χ3n) is 5.60. The van der Waals surface area contributed by atoms with Crippen molar-refractivity contribution in [3.63, 3.8) is 0 Å². The van der Waals surface area contributed by atoms with Crippen molar-refractivity contribution < 1.29 is 14.3 Å². The molecule has 0 spiro atoms. The summed E-state index contributed by atoms with van der Waals surface area (Å²) in [7, 11) is 0. The second kappa shape index (κ2) is 11.2. The normalized spacial score (nSPS) is 19.9. The Kier molecular flexibility index (Phi) is 8.87. The topological polar surface area (TPSA) is 43.4 Å².